The number of carbonyl (C=O) groups excluding carboxylic acids is 4. The lowest BCUT2D eigenvalue weighted by atomic mass is 9.44. The van der Waals surface area contributed by atoms with E-state index in [-0.39, 0.29) is 60.7 Å². The van der Waals surface area contributed by atoms with Crippen LogP contribution in [0.5, 0.6) is 11.5 Å². The minimum Gasteiger partial charge on any atom is -0.504 e. The maximum Gasteiger partial charge on any atom is 0.303 e. The number of carbonyl (C=O) groups is 5. The number of phenols is 1. The number of allylic oxidation sites excluding steroid dienone is 4. The van der Waals surface area contributed by atoms with Crippen molar-refractivity contribution in [1.29, 1.82) is 0 Å². The Bertz CT molecular complexity index is 1990. The topological polar surface area (TPSA) is 138 Å². The summed E-state index contributed by atoms with van der Waals surface area (Å²) in [5, 5.41) is 20.9. The fourth-order valence-electron chi connectivity index (χ4n) is 9.20. The van der Waals surface area contributed by atoms with E-state index in [9.17, 15) is 19.5 Å². The van der Waals surface area contributed by atoms with Gasteiger partial charge in [0.1, 0.15) is 0 Å². The summed E-state index contributed by atoms with van der Waals surface area (Å²) < 4.78 is 6.17. The van der Waals surface area contributed by atoms with Gasteiger partial charge in [-0.15, -0.1) is 0 Å². The third-order valence-electron chi connectivity index (χ3n) is 11.3. The molecule has 0 spiro atoms. The molecular weight excluding hydrogens is 714 g/mol. The molecule has 9 nitrogen and oxygen atoms in total. The number of amides is 2. The third kappa shape index (κ3) is 5.64. The van der Waals surface area contributed by atoms with Gasteiger partial charge in [0.05, 0.1) is 24.4 Å². The number of ether oxygens (including phenoxy) is 1. The van der Waals surface area contributed by atoms with Crippen LogP contribution in [0.25, 0.3) is 5.57 Å². The summed E-state index contributed by atoms with van der Waals surface area (Å²) in [7, 11) is 1.44. The molecule has 2 N–H and O–H groups in total. The molecule has 2 fully saturated rings. The van der Waals surface area contributed by atoms with Gasteiger partial charge in [0.15, 0.2) is 23.1 Å². The highest BCUT2D eigenvalue weighted by atomic mass is 79.9. The smallest absolute Gasteiger partial charge is 0.303 e. The summed E-state index contributed by atoms with van der Waals surface area (Å²) in [5.74, 6) is -5.72. The number of halogens is 1. The predicted octanol–water partition coefficient (Wildman–Crippen LogP) is 6.63. The van der Waals surface area contributed by atoms with E-state index >= 15 is 9.59 Å². The van der Waals surface area contributed by atoms with Crippen molar-refractivity contribution in [3.63, 3.8) is 0 Å². The van der Waals surface area contributed by atoms with Crippen molar-refractivity contribution in [3.8, 4) is 11.5 Å². The number of hydrogen-bond donors (Lipinski definition) is 2. The number of methoxy groups -OCH3 is 1. The Morgan fingerprint density at radius 2 is 1.65 bits per heavy atom. The number of Topliss-reactive ketones (excluding diaryl/α,β-unsaturated/α-hetero) is 1. The quantitative estimate of drug-likeness (QED) is 0.134. The molecule has 3 aromatic carbocycles. The predicted molar refractivity (Wildman–Crippen MR) is 192 cm³/mol. The SMILES string of the molecule is COc1cc(Br)cc(C2C3=CCC4C(=O)N(CCCCCC(=O)O)C(=O)C4C3CC3C(=O)C(c4ccccc4)=CC(=O)C32c2ccccc2)c1O. The molecule has 3 aliphatic carbocycles. The van der Waals surface area contributed by atoms with E-state index < -0.39 is 41.0 Å². The molecule has 1 saturated carbocycles. The number of aliphatic carboxylic acids is 1. The monoisotopic (exact) mass is 751 g/mol. The molecule has 0 aromatic heterocycles. The average molecular weight is 753 g/mol. The van der Waals surface area contributed by atoms with E-state index in [1.807, 2.05) is 54.6 Å². The molecule has 1 aliphatic heterocycles. The summed E-state index contributed by atoms with van der Waals surface area (Å²) in [6.45, 7) is 0.190. The molecule has 6 unspecified atom stereocenters. The lowest BCUT2D eigenvalue weighted by molar-refractivity contribution is -0.141. The molecule has 6 atom stereocenters. The van der Waals surface area contributed by atoms with Crippen molar-refractivity contribution in [1.82, 2.24) is 4.90 Å². The van der Waals surface area contributed by atoms with Crippen LogP contribution in [0.2, 0.25) is 0 Å². The summed E-state index contributed by atoms with van der Waals surface area (Å²) in [5.41, 5.74) is 1.18. The van der Waals surface area contributed by atoms with Crippen molar-refractivity contribution >= 4 is 50.9 Å². The van der Waals surface area contributed by atoms with Gasteiger partial charge in [-0.1, -0.05) is 94.7 Å². The highest BCUT2D eigenvalue weighted by molar-refractivity contribution is 9.10. The molecule has 1 heterocycles. The van der Waals surface area contributed by atoms with Crippen molar-refractivity contribution < 1.29 is 38.9 Å². The van der Waals surface area contributed by atoms with Crippen LogP contribution < -0.4 is 4.74 Å². The molecule has 4 aliphatic rings. The second kappa shape index (κ2) is 13.7. The first kappa shape index (κ1) is 34.6. The van der Waals surface area contributed by atoms with Gasteiger partial charge in [0.2, 0.25) is 11.8 Å². The zero-order valence-corrected chi connectivity index (χ0v) is 29.7. The van der Waals surface area contributed by atoms with E-state index in [0.717, 1.165) is 5.57 Å². The Morgan fingerprint density at radius 1 is 0.941 bits per heavy atom. The fourth-order valence-corrected chi connectivity index (χ4v) is 9.65. The first-order valence-corrected chi connectivity index (χ1v) is 18.1. The molecule has 51 heavy (non-hydrogen) atoms. The van der Waals surface area contributed by atoms with E-state index in [2.05, 4.69) is 15.9 Å². The maximum atomic E-state index is 15.2. The van der Waals surface area contributed by atoms with Crippen molar-refractivity contribution in [2.24, 2.45) is 23.7 Å². The molecule has 7 rings (SSSR count). The minimum absolute atomic E-state index is 0.0217. The van der Waals surface area contributed by atoms with Crippen LogP contribution in [0, 0.1) is 23.7 Å². The molecule has 2 amide bonds. The molecule has 1 saturated heterocycles. The highest BCUT2D eigenvalue weighted by Gasteiger charge is 2.66. The molecule has 10 heteroatoms. The summed E-state index contributed by atoms with van der Waals surface area (Å²) in [4.78, 5) is 70.6. The molecule has 262 valence electrons. The summed E-state index contributed by atoms with van der Waals surface area (Å²) in [6, 6.07) is 21.7. The number of carboxylic acid groups (broad SMARTS) is 1. The first-order valence-electron chi connectivity index (χ1n) is 17.3. The fraction of sp³-hybridized carbons (Fsp3) is 0.341. The van der Waals surface area contributed by atoms with E-state index in [1.165, 1.54) is 18.1 Å². The van der Waals surface area contributed by atoms with Crippen LogP contribution in [0.4, 0.5) is 0 Å². The molecule has 0 bridgehead atoms. The Kier molecular flexibility index (Phi) is 9.31. The van der Waals surface area contributed by atoms with Crippen LogP contribution in [-0.4, -0.2) is 58.1 Å². The van der Waals surface area contributed by atoms with Crippen molar-refractivity contribution in [2.75, 3.05) is 13.7 Å². The molecule has 0 radical (unpaired) electrons. The Hall–Kier alpha value is -4.83. The number of imide groups is 1. The third-order valence-corrected chi connectivity index (χ3v) is 11.8. The van der Waals surface area contributed by atoms with Gasteiger partial charge >= 0.3 is 5.97 Å². The number of carboxylic acids is 1. The van der Waals surface area contributed by atoms with Gasteiger partial charge in [-0.05, 0) is 60.9 Å². The van der Waals surface area contributed by atoms with Crippen LogP contribution in [0.15, 0.2) is 95.0 Å². The number of ketones is 2. The van der Waals surface area contributed by atoms with Crippen LogP contribution >= 0.6 is 15.9 Å². The van der Waals surface area contributed by atoms with Gasteiger partial charge in [-0.25, -0.2) is 0 Å². The number of benzene rings is 3. The van der Waals surface area contributed by atoms with Gasteiger partial charge in [0.25, 0.3) is 0 Å². The number of phenolic OH excluding ortho intramolecular Hbond substituents is 1. The summed E-state index contributed by atoms with van der Waals surface area (Å²) in [6.07, 6.45) is 5.35. The Morgan fingerprint density at radius 3 is 2.33 bits per heavy atom. The van der Waals surface area contributed by atoms with Crippen LogP contribution in [0.3, 0.4) is 0 Å². The number of hydrogen-bond acceptors (Lipinski definition) is 7. The Labute approximate surface area is 304 Å². The number of aromatic hydroxyl groups is 1. The van der Waals surface area contributed by atoms with Crippen molar-refractivity contribution in [3.05, 3.63) is 112 Å². The van der Waals surface area contributed by atoms with Crippen molar-refractivity contribution in [2.45, 2.75) is 49.9 Å². The normalized spacial score (nSPS) is 26.9. The molecule has 3 aromatic rings. The van der Waals surface area contributed by atoms with Gasteiger partial charge < -0.3 is 14.9 Å². The first-order chi connectivity index (χ1) is 24.6. The van der Waals surface area contributed by atoms with E-state index in [1.54, 1.807) is 24.3 Å². The largest absolute Gasteiger partial charge is 0.504 e. The standard InChI is InChI=1S/C41H38BrNO8/c1-51-32-20-25(42)19-30(38(32)48)36-26-16-17-27-35(40(50)43(39(27)49)18-10-4-9-15-34(45)46)29(26)21-31-37(47)28(23-11-5-2-6-12-23)22-33(44)41(31,36)24-13-7-3-8-14-24/h2-3,5-8,11-14,16,19-20,22,27,29,31,35-36,48H,4,9-10,15,17-18,21H2,1H3,(H,45,46). The van der Waals surface area contributed by atoms with Gasteiger partial charge in [-0.2, -0.15) is 0 Å². The Balaban J connectivity index is 1.41. The van der Waals surface area contributed by atoms with Crippen LogP contribution in [0.1, 0.15) is 61.1 Å². The number of fused-ring (bicyclic) bond motifs is 4. The lowest BCUT2D eigenvalue weighted by Gasteiger charge is -2.55. The lowest BCUT2D eigenvalue weighted by Crippen LogP contribution is -2.58. The zero-order chi connectivity index (χ0) is 36.0. The van der Waals surface area contributed by atoms with Crippen LogP contribution in [-0.2, 0) is 29.4 Å². The number of unbranched alkanes of at least 4 members (excludes halogenated alkanes) is 2. The average Bonchev–Trinajstić information content (AvgIpc) is 3.38. The van der Waals surface area contributed by atoms with Gasteiger partial charge in [-0.3, -0.25) is 28.9 Å². The second-order valence-electron chi connectivity index (χ2n) is 13.9. The summed E-state index contributed by atoms with van der Waals surface area (Å²) >= 11 is 3.57. The van der Waals surface area contributed by atoms with Gasteiger partial charge in [0, 0.05) is 40.4 Å². The second-order valence-corrected chi connectivity index (χ2v) is 14.8. The minimum atomic E-state index is -1.48. The number of rotatable bonds is 10. The van der Waals surface area contributed by atoms with E-state index in [0.29, 0.717) is 46.0 Å². The van der Waals surface area contributed by atoms with E-state index in [4.69, 9.17) is 9.84 Å². The zero-order valence-electron chi connectivity index (χ0n) is 28.1. The number of nitrogens with zero attached hydrogens (tertiary/aromatic N) is 1. The molecular formula is C41H38BrNO8. The number of likely N-dealkylation sites (tertiary alicyclic amines) is 1. The highest BCUT2D eigenvalue weighted by Crippen LogP contribution is 2.65. The maximum absolute atomic E-state index is 15.2.